The Kier molecular flexibility index (Phi) is 3.09. The molecule has 1 aromatic rings. The van der Waals surface area contributed by atoms with E-state index >= 15 is 0 Å². The number of aromatic carboxylic acids is 1. The molecule has 2 nitrogen and oxygen atoms in total. The minimum Gasteiger partial charge on any atom is -0.478 e. The van der Waals surface area contributed by atoms with Crippen molar-refractivity contribution in [3.63, 3.8) is 0 Å². The van der Waals surface area contributed by atoms with E-state index in [1.165, 1.54) is 0 Å². The Hall–Kier alpha value is -0.830. The quantitative estimate of drug-likeness (QED) is 0.866. The molecule has 1 aromatic carbocycles. The predicted octanol–water partition coefficient (Wildman–Crippen LogP) is 3.02. The Labute approximate surface area is 85.7 Å². The molecule has 13 heavy (non-hydrogen) atoms. The first-order valence-corrected chi connectivity index (χ1v) is 4.88. The zero-order valence-electron chi connectivity index (χ0n) is 7.60. The molecule has 0 aromatic heterocycles. The standard InChI is InChI=1S/C10H11BrO2/c1-3-7-5-8(11)4-6(2)9(7)10(12)13/h4-5H,3H2,1-2H3,(H,12,13). The molecule has 1 rings (SSSR count). The van der Waals surface area contributed by atoms with Crippen LogP contribution in [0, 0.1) is 6.92 Å². The Balaban J connectivity index is 3.38. The van der Waals surface area contributed by atoms with E-state index in [2.05, 4.69) is 15.9 Å². The Bertz CT molecular complexity index is 345. The van der Waals surface area contributed by atoms with Crippen molar-refractivity contribution >= 4 is 21.9 Å². The van der Waals surface area contributed by atoms with Gasteiger partial charge in [0.2, 0.25) is 0 Å². The molecule has 0 radical (unpaired) electrons. The largest absolute Gasteiger partial charge is 0.478 e. The Morgan fingerprint density at radius 2 is 2.15 bits per heavy atom. The molecule has 0 heterocycles. The summed E-state index contributed by atoms with van der Waals surface area (Å²) in [5, 5.41) is 8.95. The lowest BCUT2D eigenvalue weighted by Crippen LogP contribution is -2.04. The summed E-state index contributed by atoms with van der Waals surface area (Å²) in [5.41, 5.74) is 2.11. The molecule has 0 aliphatic rings. The maximum atomic E-state index is 10.9. The summed E-state index contributed by atoms with van der Waals surface area (Å²) >= 11 is 3.34. The number of benzene rings is 1. The van der Waals surface area contributed by atoms with Gasteiger partial charge in [0.05, 0.1) is 5.56 Å². The average molecular weight is 243 g/mol. The van der Waals surface area contributed by atoms with Crippen molar-refractivity contribution in [3.8, 4) is 0 Å². The number of carbonyl (C=O) groups is 1. The van der Waals surface area contributed by atoms with Gasteiger partial charge in [0.15, 0.2) is 0 Å². The van der Waals surface area contributed by atoms with Gasteiger partial charge in [0, 0.05) is 4.47 Å². The van der Waals surface area contributed by atoms with Crippen molar-refractivity contribution in [1.29, 1.82) is 0 Å². The third kappa shape index (κ3) is 2.10. The summed E-state index contributed by atoms with van der Waals surface area (Å²) in [6, 6.07) is 3.68. The zero-order valence-corrected chi connectivity index (χ0v) is 9.18. The van der Waals surface area contributed by atoms with Gasteiger partial charge < -0.3 is 5.11 Å². The van der Waals surface area contributed by atoms with Crippen LogP contribution < -0.4 is 0 Å². The van der Waals surface area contributed by atoms with E-state index in [-0.39, 0.29) is 0 Å². The van der Waals surface area contributed by atoms with E-state index in [1.54, 1.807) is 0 Å². The van der Waals surface area contributed by atoms with Gasteiger partial charge in [0.25, 0.3) is 0 Å². The lowest BCUT2D eigenvalue weighted by atomic mass is 10.0. The Morgan fingerprint density at radius 1 is 1.54 bits per heavy atom. The molecule has 0 saturated heterocycles. The predicted molar refractivity (Wildman–Crippen MR) is 55.2 cm³/mol. The van der Waals surface area contributed by atoms with Crippen LogP contribution >= 0.6 is 15.9 Å². The molecule has 0 aliphatic carbocycles. The fourth-order valence-electron chi connectivity index (χ4n) is 1.40. The summed E-state index contributed by atoms with van der Waals surface area (Å²) in [4.78, 5) is 10.9. The summed E-state index contributed by atoms with van der Waals surface area (Å²) in [6.45, 7) is 3.76. The molecule has 0 amide bonds. The van der Waals surface area contributed by atoms with Gasteiger partial charge in [-0.1, -0.05) is 22.9 Å². The second kappa shape index (κ2) is 3.92. The van der Waals surface area contributed by atoms with Gasteiger partial charge in [-0.2, -0.15) is 0 Å². The second-order valence-electron chi connectivity index (χ2n) is 2.92. The van der Waals surface area contributed by atoms with E-state index in [9.17, 15) is 4.79 Å². The molecule has 0 aliphatic heterocycles. The van der Waals surface area contributed by atoms with Crippen molar-refractivity contribution in [3.05, 3.63) is 33.3 Å². The van der Waals surface area contributed by atoms with Crippen molar-refractivity contribution in [2.24, 2.45) is 0 Å². The third-order valence-electron chi connectivity index (χ3n) is 1.98. The minimum atomic E-state index is -0.846. The van der Waals surface area contributed by atoms with Crippen LogP contribution in [0.4, 0.5) is 0 Å². The third-order valence-corrected chi connectivity index (χ3v) is 2.43. The van der Waals surface area contributed by atoms with Crippen LogP contribution in [-0.2, 0) is 6.42 Å². The van der Waals surface area contributed by atoms with E-state index in [0.29, 0.717) is 5.56 Å². The Morgan fingerprint density at radius 3 is 2.62 bits per heavy atom. The lowest BCUT2D eigenvalue weighted by Gasteiger charge is -2.07. The highest BCUT2D eigenvalue weighted by molar-refractivity contribution is 9.10. The summed E-state index contributed by atoms with van der Waals surface area (Å²) in [6.07, 6.45) is 0.738. The fraction of sp³-hybridized carbons (Fsp3) is 0.300. The van der Waals surface area contributed by atoms with Gasteiger partial charge in [-0.15, -0.1) is 0 Å². The average Bonchev–Trinajstić information content (AvgIpc) is 2.01. The lowest BCUT2D eigenvalue weighted by molar-refractivity contribution is 0.0695. The van der Waals surface area contributed by atoms with E-state index < -0.39 is 5.97 Å². The number of hydrogen-bond donors (Lipinski definition) is 1. The molecular formula is C10H11BrO2. The molecule has 0 bridgehead atoms. The molecule has 0 unspecified atom stereocenters. The van der Waals surface area contributed by atoms with Crippen LogP contribution in [0.2, 0.25) is 0 Å². The number of rotatable bonds is 2. The SMILES string of the molecule is CCc1cc(Br)cc(C)c1C(=O)O. The van der Waals surface area contributed by atoms with Crippen LogP contribution in [0.5, 0.6) is 0 Å². The maximum Gasteiger partial charge on any atom is 0.336 e. The van der Waals surface area contributed by atoms with Crippen molar-refractivity contribution in [2.75, 3.05) is 0 Å². The van der Waals surface area contributed by atoms with Gasteiger partial charge in [-0.3, -0.25) is 0 Å². The van der Waals surface area contributed by atoms with Crippen LogP contribution in [0.1, 0.15) is 28.4 Å². The van der Waals surface area contributed by atoms with E-state index in [4.69, 9.17) is 5.11 Å². The first kappa shape index (κ1) is 10.3. The summed E-state index contributed by atoms with van der Waals surface area (Å²) in [7, 11) is 0. The molecule has 0 fully saturated rings. The maximum absolute atomic E-state index is 10.9. The number of aryl methyl sites for hydroxylation is 2. The highest BCUT2D eigenvalue weighted by Crippen LogP contribution is 2.21. The molecule has 70 valence electrons. The fourth-order valence-corrected chi connectivity index (χ4v) is 2.02. The number of carboxylic acid groups (broad SMARTS) is 1. The topological polar surface area (TPSA) is 37.3 Å². The van der Waals surface area contributed by atoms with Crippen molar-refractivity contribution < 1.29 is 9.90 Å². The first-order chi connectivity index (χ1) is 6.06. The molecule has 3 heteroatoms. The van der Waals surface area contributed by atoms with E-state index in [1.807, 2.05) is 26.0 Å². The smallest absolute Gasteiger partial charge is 0.336 e. The van der Waals surface area contributed by atoms with Gasteiger partial charge in [-0.25, -0.2) is 4.79 Å². The molecule has 0 atom stereocenters. The van der Waals surface area contributed by atoms with Gasteiger partial charge in [0.1, 0.15) is 0 Å². The normalized spacial score (nSPS) is 10.1. The summed E-state index contributed by atoms with van der Waals surface area (Å²) < 4.78 is 0.937. The first-order valence-electron chi connectivity index (χ1n) is 4.08. The summed E-state index contributed by atoms with van der Waals surface area (Å²) in [5.74, 6) is -0.846. The zero-order chi connectivity index (χ0) is 10.0. The second-order valence-corrected chi connectivity index (χ2v) is 3.83. The van der Waals surface area contributed by atoms with Crippen LogP contribution in [0.15, 0.2) is 16.6 Å². The van der Waals surface area contributed by atoms with Crippen LogP contribution in [-0.4, -0.2) is 11.1 Å². The number of halogens is 1. The minimum absolute atomic E-state index is 0.436. The molecule has 0 saturated carbocycles. The van der Waals surface area contributed by atoms with Gasteiger partial charge in [-0.05, 0) is 36.6 Å². The molecular weight excluding hydrogens is 232 g/mol. The van der Waals surface area contributed by atoms with Crippen molar-refractivity contribution in [1.82, 2.24) is 0 Å². The molecule has 0 spiro atoms. The van der Waals surface area contributed by atoms with Crippen LogP contribution in [0.3, 0.4) is 0 Å². The van der Waals surface area contributed by atoms with Crippen LogP contribution in [0.25, 0.3) is 0 Å². The number of hydrogen-bond acceptors (Lipinski definition) is 1. The highest BCUT2D eigenvalue weighted by Gasteiger charge is 2.12. The van der Waals surface area contributed by atoms with Crippen molar-refractivity contribution in [2.45, 2.75) is 20.3 Å². The van der Waals surface area contributed by atoms with Gasteiger partial charge >= 0.3 is 5.97 Å². The molecule has 1 N–H and O–H groups in total. The number of carboxylic acids is 1. The monoisotopic (exact) mass is 242 g/mol. The van der Waals surface area contributed by atoms with E-state index in [0.717, 1.165) is 22.0 Å². The highest BCUT2D eigenvalue weighted by atomic mass is 79.9.